The van der Waals surface area contributed by atoms with Crippen LogP contribution in [0.5, 0.6) is 0 Å². The molecule has 0 spiro atoms. The van der Waals surface area contributed by atoms with E-state index in [4.69, 9.17) is 5.73 Å². The highest BCUT2D eigenvalue weighted by Gasteiger charge is 2.32. The molecule has 2 fully saturated rings. The van der Waals surface area contributed by atoms with Crippen LogP contribution in [0.25, 0.3) is 0 Å². The van der Waals surface area contributed by atoms with Crippen LogP contribution >= 0.6 is 0 Å². The smallest absolute Gasteiger partial charge is 0.251 e. The lowest BCUT2D eigenvalue weighted by Gasteiger charge is -2.37. The van der Waals surface area contributed by atoms with Gasteiger partial charge in [-0.2, -0.15) is 0 Å². The Morgan fingerprint density at radius 3 is 2.65 bits per heavy atom. The number of aryl methyl sites for hydroxylation is 1. The molecule has 0 radical (unpaired) electrons. The number of piperidine rings is 2. The number of hydrogen-bond acceptors (Lipinski definition) is 5. The van der Waals surface area contributed by atoms with Gasteiger partial charge in [-0.05, 0) is 39.2 Å². The zero-order valence-corrected chi connectivity index (χ0v) is 15.2. The van der Waals surface area contributed by atoms with E-state index in [0.29, 0.717) is 25.5 Å². The SMILES string of the molecule is Cc1nc(C2CCN(C(=O)C3CCCN(CC(N)=O)C3)CC2)cc(=O)[nH]1. The first-order valence-corrected chi connectivity index (χ1v) is 9.29. The van der Waals surface area contributed by atoms with Gasteiger partial charge in [0.1, 0.15) is 5.82 Å². The molecule has 3 heterocycles. The Morgan fingerprint density at radius 1 is 1.27 bits per heavy atom. The lowest BCUT2D eigenvalue weighted by atomic mass is 9.91. The molecular formula is C18H27N5O3. The molecule has 1 aromatic rings. The van der Waals surface area contributed by atoms with E-state index >= 15 is 0 Å². The van der Waals surface area contributed by atoms with Crippen LogP contribution in [0.3, 0.4) is 0 Å². The molecule has 0 saturated carbocycles. The number of carbonyl (C=O) groups is 2. The Bertz CT molecular complexity index is 724. The van der Waals surface area contributed by atoms with Crippen molar-refractivity contribution in [3.63, 3.8) is 0 Å². The van der Waals surface area contributed by atoms with Crippen LogP contribution in [0.2, 0.25) is 0 Å². The highest BCUT2D eigenvalue weighted by atomic mass is 16.2. The van der Waals surface area contributed by atoms with Crippen molar-refractivity contribution in [1.82, 2.24) is 19.8 Å². The van der Waals surface area contributed by atoms with Crippen molar-refractivity contribution in [3.05, 3.63) is 27.9 Å². The van der Waals surface area contributed by atoms with Gasteiger partial charge in [0.25, 0.3) is 5.56 Å². The minimum Gasteiger partial charge on any atom is -0.369 e. The fourth-order valence-corrected chi connectivity index (χ4v) is 4.09. The molecule has 1 aromatic heterocycles. The molecular weight excluding hydrogens is 334 g/mol. The van der Waals surface area contributed by atoms with E-state index in [1.807, 2.05) is 9.80 Å². The largest absolute Gasteiger partial charge is 0.369 e. The van der Waals surface area contributed by atoms with Crippen molar-refractivity contribution in [3.8, 4) is 0 Å². The van der Waals surface area contributed by atoms with Crippen molar-refractivity contribution in [2.24, 2.45) is 11.7 Å². The normalized spacial score (nSPS) is 22.3. The van der Waals surface area contributed by atoms with E-state index in [1.165, 1.54) is 0 Å². The molecule has 2 aliphatic rings. The summed E-state index contributed by atoms with van der Waals surface area (Å²) in [4.78, 5) is 46.6. The van der Waals surface area contributed by atoms with E-state index in [2.05, 4.69) is 9.97 Å². The number of aromatic amines is 1. The Kier molecular flexibility index (Phi) is 5.70. The van der Waals surface area contributed by atoms with Crippen LogP contribution in [0.15, 0.2) is 10.9 Å². The zero-order chi connectivity index (χ0) is 18.7. The maximum Gasteiger partial charge on any atom is 0.251 e. The van der Waals surface area contributed by atoms with Gasteiger partial charge in [0, 0.05) is 31.6 Å². The minimum absolute atomic E-state index is 0.0559. The van der Waals surface area contributed by atoms with Gasteiger partial charge in [0.2, 0.25) is 11.8 Å². The molecule has 3 rings (SSSR count). The number of likely N-dealkylation sites (tertiary alicyclic amines) is 2. The summed E-state index contributed by atoms with van der Waals surface area (Å²) >= 11 is 0. The molecule has 2 amide bonds. The second-order valence-electron chi connectivity index (χ2n) is 7.40. The van der Waals surface area contributed by atoms with Gasteiger partial charge in [-0.3, -0.25) is 19.3 Å². The molecule has 1 atom stereocenters. The fraction of sp³-hybridized carbons (Fsp3) is 0.667. The quantitative estimate of drug-likeness (QED) is 0.783. The molecule has 26 heavy (non-hydrogen) atoms. The lowest BCUT2D eigenvalue weighted by Crippen LogP contribution is -2.48. The summed E-state index contributed by atoms with van der Waals surface area (Å²) in [6, 6.07) is 1.57. The number of hydrogen-bond donors (Lipinski definition) is 2. The highest BCUT2D eigenvalue weighted by molar-refractivity contribution is 5.80. The van der Waals surface area contributed by atoms with Crippen LogP contribution < -0.4 is 11.3 Å². The van der Waals surface area contributed by atoms with Crippen LogP contribution in [-0.2, 0) is 9.59 Å². The van der Waals surface area contributed by atoms with Crippen molar-refractivity contribution < 1.29 is 9.59 Å². The number of carbonyl (C=O) groups excluding carboxylic acids is 2. The Hall–Kier alpha value is -2.22. The Balaban J connectivity index is 1.56. The van der Waals surface area contributed by atoms with Gasteiger partial charge in [-0.1, -0.05) is 0 Å². The van der Waals surface area contributed by atoms with E-state index in [1.54, 1.807) is 13.0 Å². The van der Waals surface area contributed by atoms with E-state index in [0.717, 1.165) is 37.9 Å². The second kappa shape index (κ2) is 7.99. The van der Waals surface area contributed by atoms with Gasteiger partial charge in [0.15, 0.2) is 0 Å². The predicted molar refractivity (Wildman–Crippen MR) is 96.5 cm³/mol. The summed E-state index contributed by atoms with van der Waals surface area (Å²) < 4.78 is 0. The molecule has 3 N–H and O–H groups in total. The average molecular weight is 361 g/mol. The summed E-state index contributed by atoms with van der Waals surface area (Å²) in [5.41, 5.74) is 5.97. The average Bonchev–Trinajstić information content (AvgIpc) is 2.60. The van der Waals surface area contributed by atoms with Gasteiger partial charge >= 0.3 is 0 Å². The first-order valence-electron chi connectivity index (χ1n) is 9.29. The molecule has 2 aliphatic heterocycles. The first kappa shape index (κ1) is 18.6. The van der Waals surface area contributed by atoms with Crippen LogP contribution in [0, 0.1) is 12.8 Å². The summed E-state index contributed by atoms with van der Waals surface area (Å²) in [6.07, 6.45) is 3.41. The Labute approximate surface area is 152 Å². The lowest BCUT2D eigenvalue weighted by molar-refractivity contribution is -0.139. The number of nitrogens with one attached hydrogen (secondary N) is 1. The maximum absolute atomic E-state index is 12.8. The van der Waals surface area contributed by atoms with Gasteiger partial charge in [-0.15, -0.1) is 0 Å². The number of rotatable bonds is 4. The standard InChI is InChI=1S/C18H27N5O3/c1-12-20-15(9-17(25)21-12)13-4-7-23(8-5-13)18(26)14-3-2-6-22(10-14)11-16(19)24/h9,13-14H,2-8,10-11H2,1H3,(H2,19,24)(H,20,21,25). The predicted octanol–water partition coefficient (Wildman–Crippen LogP) is -0.0184. The number of nitrogens with two attached hydrogens (primary N) is 1. The van der Waals surface area contributed by atoms with Crippen molar-refractivity contribution in [1.29, 1.82) is 0 Å². The fourth-order valence-electron chi connectivity index (χ4n) is 4.09. The third kappa shape index (κ3) is 4.49. The summed E-state index contributed by atoms with van der Waals surface area (Å²) in [6.45, 7) is 4.80. The molecule has 1 unspecified atom stereocenters. The number of nitrogens with zero attached hydrogens (tertiary/aromatic N) is 3. The Morgan fingerprint density at radius 2 is 2.00 bits per heavy atom. The molecule has 2 saturated heterocycles. The van der Waals surface area contributed by atoms with E-state index < -0.39 is 0 Å². The third-order valence-electron chi connectivity index (χ3n) is 5.34. The number of primary amides is 1. The van der Waals surface area contributed by atoms with Crippen molar-refractivity contribution >= 4 is 11.8 Å². The van der Waals surface area contributed by atoms with Crippen molar-refractivity contribution in [2.75, 3.05) is 32.7 Å². The van der Waals surface area contributed by atoms with E-state index in [-0.39, 0.29) is 35.8 Å². The minimum atomic E-state index is -0.348. The monoisotopic (exact) mass is 361 g/mol. The molecule has 142 valence electrons. The van der Waals surface area contributed by atoms with Gasteiger partial charge in [0.05, 0.1) is 18.2 Å². The number of aromatic nitrogens is 2. The molecule has 8 heteroatoms. The molecule has 0 aliphatic carbocycles. The highest BCUT2D eigenvalue weighted by Crippen LogP contribution is 2.28. The maximum atomic E-state index is 12.8. The van der Waals surface area contributed by atoms with Crippen LogP contribution in [-0.4, -0.2) is 64.3 Å². The topological polar surface area (TPSA) is 112 Å². The number of H-pyrrole nitrogens is 1. The zero-order valence-electron chi connectivity index (χ0n) is 15.2. The molecule has 8 nitrogen and oxygen atoms in total. The van der Waals surface area contributed by atoms with E-state index in [9.17, 15) is 14.4 Å². The summed E-state index contributed by atoms with van der Waals surface area (Å²) in [7, 11) is 0. The number of amides is 2. The van der Waals surface area contributed by atoms with Gasteiger partial charge < -0.3 is 15.6 Å². The third-order valence-corrected chi connectivity index (χ3v) is 5.34. The summed E-state index contributed by atoms with van der Waals surface area (Å²) in [5, 5.41) is 0. The van der Waals surface area contributed by atoms with Crippen LogP contribution in [0.1, 0.15) is 43.1 Å². The molecule has 0 aromatic carbocycles. The second-order valence-corrected chi connectivity index (χ2v) is 7.40. The first-order chi connectivity index (χ1) is 12.4. The molecule has 0 bridgehead atoms. The van der Waals surface area contributed by atoms with Crippen LogP contribution in [0.4, 0.5) is 0 Å². The van der Waals surface area contributed by atoms with Gasteiger partial charge in [-0.25, -0.2) is 4.98 Å². The summed E-state index contributed by atoms with van der Waals surface area (Å²) in [5.74, 6) is 0.618. The van der Waals surface area contributed by atoms with Crippen molar-refractivity contribution in [2.45, 2.75) is 38.5 Å².